The van der Waals surface area contributed by atoms with Crippen molar-refractivity contribution in [3.63, 3.8) is 0 Å². The number of benzene rings is 2. The zero-order valence-corrected chi connectivity index (χ0v) is 18.3. The van der Waals surface area contributed by atoms with Crippen LogP contribution in [0, 0.1) is 0 Å². The van der Waals surface area contributed by atoms with Crippen LogP contribution >= 0.6 is 11.6 Å². The monoisotopic (exact) mass is 473 g/mol. The number of nitrogens with one attached hydrogen (secondary N) is 2. The maximum Gasteiger partial charge on any atom is 0.349 e. The van der Waals surface area contributed by atoms with Gasteiger partial charge >= 0.3 is 5.92 Å². The summed E-state index contributed by atoms with van der Waals surface area (Å²) in [4.78, 5) is 49.8. The molecule has 0 spiro atoms. The van der Waals surface area contributed by atoms with Gasteiger partial charge in [-0.2, -0.15) is 8.78 Å². The molecule has 2 aliphatic rings. The molecule has 2 heterocycles. The highest BCUT2D eigenvalue weighted by Crippen LogP contribution is 2.30. The molecule has 11 heteroatoms. The van der Waals surface area contributed by atoms with E-state index in [0.29, 0.717) is 27.2 Å². The van der Waals surface area contributed by atoms with Gasteiger partial charge in [-0.15, -0.1) is 0 Å². The van der Waals surface area contributed by atoms with E-state index in [1.807, 2.05) is 0 Å². The van der Waals surface area contributed by atoms with Crippen LogP contribution in [0.4, 0.5) is 8.78 Å². The Kier molecular flexibility index (Phi) is 5.96. The molecule has 2 aliphatic heterocycles. The Morgan fingerprint density at radius 1 is 1.21 bits per heavy atom. The minimum atomic E-state index is -3.75. The smallest absolute Gasteiger partial charge is 0.346 e. The fourth-order valence-electron chi connectivity index (χ4n) is 4.00. The van der Waals surface area contributed by atoms with Crippen LogP contribution in [0.2, 0.25) is 5.02 Å². The summed E-state index contributed by atoms with van der Waals surface area (Å²) in [5, 5.41) is 4.80. The molecule has 7 nitrogen and oxygen atoms in total. The number of nitrogens with zero attached hydrogens (tertiary/aromatic N) is 1. The number of carbonyl (C=O) groups is 4. The van der Waals surface area contributed by atoms with Crippen LogP contribution in [0.15, 0.2) is 36.4 Å². The summed E-state index contributed by atoms with van der Waals surface area (Å²) in [7, 11) is 1.57. The summed E-state index contributed by atoms with van der Waals surface area (Å²) < 4.78 is 29.2. The van der Waals surface area contributed by atoms with Crippen LogP contribution in [0.25, 0.3) is 0 Å². The number of hydrogen-bond acceptors (Lipinski definition) is 4. The molecule has 0 bridgehead atoms. The van der Waals surface area contributed by atoms with Crippen LogP contribution in [-0.2, 0) is 33.4 Å². The average Bonchev–Trinajstić information content (AvgIpc) is 3.09. The third-order valence-corrected chi connectivity index (χ3v) is 6.27. The molecule has 1 fully saturated rings. The summed E-state index contributed by atoms with van der Waals surface area (Å²) in [6.45, 7) is -0.0106. The first-order valence-electron chi connectivity index (χ1n) is 10.3. The number of alkyl halides is 2. The molecule has 33 heavy (non-hydrogen) atoms. The Morgan fingerprint density at radius 2 is 1.97 bits per heavy atom. The van der Waals surface area contributed by atoms with Crippen molar-refractivity contribution in [2.45, 2.75) is 37.9 Å². The summed E-state index contributed by atoms with van der Waals surface area (Å²) in [6, 6.07) is 7.61. The van der Waals surface area contributed by atoms with Gasteiger partial charge in [0, 0.05) is 35.7 Å². The number of halogens is 3. The molecule has 0 radical (unpaired) electrons. The molecule has 2 aromatic carbocycles. The highest BCUT2D eigenvalue weighted by atomic mass is 35.5. The average molecular weight is 474 g/mol. The second-order valence-electron chi connectivity index (χ2n) is 8.11. The van der Waals surface area contributed by atoms with Crippen molar-refractivity contribution in [1.29, 1.82) is 0 Å². The van der Waals surface area contributed by atoms with Crippen molar-refractivity contribution < 1.29 is 28.0 Å². The SMILES string of the molecule is Bc1cc(C(F)(F)C(=O)NCc2ccc3c(c2)CN(C2CCC(=O)NC2=O)C3=O)ccc1Cl. The van der Waals surface area contributed by atoms with E-state index in [1.54, 1.807) is 26.0 Å². The largest absolute Gasteiger partial charge is 0.349 e. The van der Waals surface area contributed by atoms with Gasteiger partial charge < -0.3 is 10.2 Å². The van der Waals surface area contributed by atoms with E-state index in [-0.39, 0.29) is 37.7 Å². The second-order valence-corrected chi connectivity index (χ2v) is 8.52. The molecule has 1 atom stereocenters. The van der Waals surface area contributed by atoms with Crippen molar-refractivity contribution in [2.24, 2.45) is 0 Å². The Labute approximate surface area is 193 Å². The maximum absolute atomic E-state index is 14.6. The van der Waals surface area contributed by atoms with E-state index < -0.39 is 29.3 Å². The minimum Gasteiger partial charge on any atom is -0.346 e. The number of rotatable bonds is 5. The number of piperidine rings is 1. The lowest BCUT2D eigenvalue weighted by Gasteiger charge is -2.29. The van der Waals surface area contributed by atoms with Gasteiger partial charge in [-0.25, -0.2) is 0 Å². The van der Waals surface area contributed by atoms with E-state index in [1.165, 1.54) is 17.0 Å². The zero-order chi connectivity index (χ0) is 23.9. The molecule has 1 saturated heterocycles. The predicted molar refractivity (Wildman–Crippen MR) is 118 cm³/mol. The number of carbonyl (C=O) groups excluding carboxylic acids is 4. The third-order valence-electron chi connectivity index (χ3n) is 5.85. The molecule has 170 valence electrons. The summed E-state index contributed by atoms with van der Waals surface area (Å²) >= 11 is 5.87. The fraction of sp³-hybridized carbons (Fsp3) is 0.273. The molecule has 0 aliphatic carbocycles. The van der Waals surface area contributed by atoms with Crippen molar-refractivity contribution in [1.82, 2.24) is 15.5 Å². The predicted octanol–water partition coefficient (Wildman–Crippen LogP) is 0.768. The molecular formula is C22H19BClF2N3O4. The molecular weight excluding hydrogens is 455 g/mol. The highest BCUT2D eigenvalue weighted by Gasteiger charge is 2.41. The second kappa shape index (κ2) is 8.59. The molecule has 0 saturated carbocycles. The molecule has 1 unspecified atom stereocenters. The van der Waals surface area contributed by atoms with Crippen molar-refractivity contribution in [3.05, 3.63) is 63.7 Å². The number of amides is 4. The molecule has 0 aromatic heterocycles. The van der Waals surface area contributed by atoms with Gasteiger partial charge in [0.05, 0.1) is 0 Å². The first kappa shape index (κ1) is 22.9. The van der Waals surface area contributed by atoms with Crippen LogP contribution in [0.1, 0.15) is 39.9 Å². The molecule has 2 N–H and O–H groups in total. The van der Waals surface area contributed by atoms with Gasteiger partial charge in [-0.3, -0.25) is 24.5 Å². The van der Waals surface area contributed by atoms with E-state index >= 15 is 0 Å². The van der Waals surface area contributed by atoms with Gasteiger partial charge in [0.25, 0.3) is 11.8 Å². The van der Waals surface area contributed by atoms with Crippen molar-refractivity contribution in [3.8, 4) is 0 Å². The van der Waals surface area contributed by atoms with Crippen molar-refractivity contribution in [2.75, 3.05) is 0 Å². The topological polar surface area (TPSA) is 95.6 Å². The van der Waals surface area contributed by atoms with Crippen LogP contribution in [0.3, 0.4) is 0 Å². The lowest BCUT2D eigenvalue weighted by atomic mass is 9.92. The molecule has 4 amide bonds. The number of imide groups is 1. The van der Waals surface area contributed by atoms with Gasteiger partial charge in [0.1, 0.15) is 13.9 Å². The highest BCUT2D eigenvalue weighted by molar-refractivity contribution is 6.45. The van der Waals surface area contributed by atoms with E-state index in [4.69, 9.17) is 11.6 Å². The normalized spacial score (nSPS) is 18.2. The van der Waals surface area contributed by atoms with Crippen molar-refractivity contribution >= 4 is 48.5 Å². The zero-order valence-electron chi connectivity index (χ0n) is 17.6. The number of hydrogen-bond donors (Lipinski definition) is 2. The Morgan fingerprint density at radius 3 is 2.67 bits per heavy atom. The lowest BCUT2D eigenvalue weighted by Crippen LogP contribution is -2.52. The van der Waals surface area contributed by atoms with E-state index in [0.717, 1.165) is 6.07 Å². The van der Waals surface area contributed by atoms with E-state index in [9.17, 15) is 28.0 Å². The van der Waals surface area contributed by atoms with E-state index in [2.05, 4.69) is 10.6 Å². The van der Waals surface area contributed by atoms with Crippen LogP contribution < -0.4 is 16.1 Å². The maximum atomic E-state index is 14.6. The van der Waals surface area contributed by atoms with Crippen LogP contribution in [0.5, 0.6) is 0 Å². The third kappa shape index (κ3) is 4.35. The van der Waals surface area contributed by atoms with Gasteiger partial charge in [-0.1, -0.05) is 41.3 Å². The van der Waals surface area contributed by atoms with Gasteiger partial charge in [-0.05, 0) is 29.7 Å². The first-order valence-corrected chi connectivity index (χ1v) is 10.6. The summed E-state index contributed by atoms with van der Waals surface area (Å²) in [5.74, 6) is -6.42. The minimum absolute atomic E-state index is 0.148. The first-order chi connectivity index (χ1) is 15.6. The quantitative estimate of drug-likeness (QED) is 0.495. The Hall–Kier alpha value is -3.27. The Balaban J connectivity index is 1.44. The van der Waals surface area contributed by atoms with Gasteiger partial charge in [0.15, 0.2) is 0 Å². The van der Waals surface area contributed by atoms with Crippen LogP contribution in [-0.4, -0.2) is 42.4 Å². The Bertz CT molecular complexity index is 1190. The molecule has 4 rings (SSSR count). The molecule has 2 aromatic rings. The summed E-state index contributed by atoms with van der Waals surface area (Å²) in [5.41, 5.74) is 1.53. The van der Waals surface area contributed by atoms with Gasteiger partial charge in [0.2, 0.25) is 11.8 Å². The lowest BCUT2D eigenvalue weighted by molar-refractivity contribution is -0.147. The summed E-state index contributed by atoms with van der Waals surface area (Å²) in [6.07, 6.45) is 0.391. The fourth-order valence-corrected chi connectivity index (χ4v) is 4.12. The number of fused-ring (bicyclic) bond motifs is 1. The standard InChI is InChI=1S/C22H19BClF2N3O4/c23-15-8-13(2-4-16(15)24)22(25,26)21(33)27-9-11-1-3-14-12(7-11)10-29(20(14)32)17-5-6-18(30)28-19(17)31/h1-4,7-8,17H,5-6,9-10,23H2,(H,27,33)(H,28,30,31).